The summed E-state index contributed by atoms with van der Waals surface area (Å²) in [5.74, 6) is -1.62. The lowest BCUT2D eigenvalue weighted by Crippen LogP contribution is -2.29. The lowest BCUT2D eigenvalue weighted by Gasteiger charge is -2.19. The zero-order chi connectivity index (χ0) is 14.6. The Morgan fingerprint density at radius 1 is 1.32 bits per heavy atom. The Kier molecular flexibility index (Phi) is 4.85. The fourth-order valence-electron chi connectivity index (χ4n) is 1.59. The molecule has 0 bridgehead atoms. The normalized spacial score (nSPS) is 13.5. The maximum atomic E-state index is 11.2. The number of phenols is 1. The number of ether oxygens (including phenoxy) is 2. The van der Waals surface area contributed by atoms with Gasteiger partial charge in [0.05, 0.1) is 14.2 Å². The minimum Gasteiger partial charge on any atom is -0.504 e. The van der Waals surface area contributed by atoms with Crippen molar-refractivity contribution in [1.29, 1.82) is 0 Å². The summed E-state index contributed by atoms with van der Waals surface area (Å²) in [5, 5.41) is 29.3. The standard InChI is InChI=1S/C12H14O7/c1-18-7-4-3-6(5-13)8(9(7)14)10(15)11(16)12(17)19-2/h3-5,10-11,14-16H,1-2H3. The Labute approximate surface area is 109 Å². The Bertz CT molecular complexity index is 483. The van der Waals surface area contributed by atoms with Gasteiger partial charge in [0.15, 0.2) is 23.9 Å². The molecule has 0 aliphatic rings. The number of aromatic hydroxyl groups is 1. The number of phenolic OH excluding ortho intramolecular Hbond substituents is 1. The van der Waals surface area contributed by atoms with Crippen molar-refractivity contribution < 1.29 is 34.4 Å². The first-order valence-electron chi connectivity index (χ1n) is 5.26. The summed E-state index contributed by atoms with van der Waals surface area (Å²) in [4.78, 5) is 22.0. The first kappa shape index (κ1) is 14.9. The number of aliphatic hydroxyl groups excluding tert-OH is 2. The molecule has 0 amide bonds. The van der Waals surface area contributed by atoms with Gasteiger partial charge in [0, 0.05) is 11.1 Å². The highest BCUT2D eigenvalue weighted by Gasteiger charge is 2.31. The summed E-state index contributed by atoms with van der Waals surface area (Å²) in [6.45, 7) is 0. The van der Waals surface area contributed by atoms with Crippen molar-refractivity contribution in [3.05, 3.63) is 23.3 Å². The molecule has 0 radical (unpaired) electrons. The van der Waals surface area contributed by atoms with Gasteiger partial charge in [-0.05, 0) is 12.1 Å². The second kappa shape index (κ2) is 6.17. The lowest BCUT2D eigenvalue weighted by molar-refractivity contribution is -0.156. The second-order valence-electron chi connectivity index (χ2n) is 3.65. The third kappa shape index (κ3) is 2.83. The average molecular weight is 270 g/mol. The van der Waals surface area contributed by atoms with E-state index in [1.165, 1.54) is 19.2 Å². The molecule has 0 saturated heterocycles. The molecule has 3 N–H and O–H groups in total. The van der Waals surface area contributed by atoms with Crippen molar-refractivity contribution >= 4 is 12.3 Å². The summed E-state index contributed by atoms with van der Waals surface area (Å²) < 4.78 is 9.10. The molecule has 0 spiro atoms. The molecule has 7 heteroatoms. The highest BCUT2D eigenvalue weighted by molar-refractivity contribution is 5.82. The van der Waals surface area contributed by atoms with Crippen LogP contribution in [0.15, 0.2) is 12.1 Å². The monoisotopic (exact) mass is 270 g/mol. The lowest BCUT2D eigenvalue weighted by atomic mass is 9.97. The number of carbonyl (C=O) groups is 2. The highest BCUT2D eigenvalue weighted by Crippen LogP contribution is 2.37. The van der Waals surface area contributed by atoms with Crippen molar-refractivity contribution in [2.45, 2.75) is 12.2 Å². The zero-order valence-electron chi connectivity index (χ0n) is 10.4. The molecule has 0 saturated carbocycles. The van der Waals surface area contributed by atoms with E-state index < -0.39 is 23.9 Å². The third-order valence-electron chi connectivity index (χ3n) is 2.60. The van der Waals surface area contributed by atoms with Crippen LogP contribution in [0.5, 0.6) is 11.5 Å². The molecular formula is C12H14O7. The van der Waals surface area contributed by atoms with E-state index in [2.05, 4.69) is 4.74 Å². The fraction of sp³-hybridized carbons (Fsp3) is 0.333. The summed E-state index contributed by atoms with van der Waals surface area (Å²) in [5.41, 5.74) is -0.374. The summed E-state index contributed by atoms with van der Waals surface area (Å²) >= 11 is 0. The van der Waals surface area contributed by atoms with Gasteiger partial charge in [-0.3, -0.25) is 4.79 Å². The van der Waals surface area contributed by atoms with E-state index in [1.54, 1.807) is 0 Å². The number of methoxy groups -OCH3 is 2. The van der Waals surface area contributed by atoms with Gasteiger partial charge in [-0.15, -0.1) is 0 Å². The SMILES string of the molecule is COC(=O)C(O)C(O)c1c(C=O)ccc(OC)c1O. The van der Waals surface area contributed by atoms with Crippen molar-refractivity contribution in [3.8, 4) is 11.5 Å². The molecule has 2 unspecified atom stereocenters. The topological polar surface area (TPSA) is 113 Å². The molecule has 0 aliphatic heterocycles. The van der Waals surface area contributed by atoms with E-state index >= 15 is 0 Å². The van der Waals surface area contributed by atoms with Crippen LogP contribution in [0.4, 0.5) is 0 Å². The van der Waals surface area contributed by atoms with Crippen LogP contribution in [0.2, 0.25) is 0 Å². The molecule has 0 aliphatic carbocycles. The molecule has 0 heterocycles. The van der Waals surface area contributed by atoms with Crippen LogP contribution in [-0.4, -0.2) is 47.9 Å². The molecular weight excluding hydrogens is 256 g/mol. The van der Waals surface area contributed by atoms with Crippen LogP contribution in [-0.2, 0) is 9.53 Å². The number of esters is 1. The van der Waals surface area contributed by atoms with Gasteiger partial charge < -0.3 is 24.8 Å². The Hall–Kier alpha value is -2.12. The Morgan fingerprint density at radius 3 is 2.42 bits per heavy atom. The van der Waals surface area contributed by atoms with Gasteiger partial charge in [0.1, 0.15) is 6.10 Å². The molecule has 19 heavy (non-hydrogen) atoms. The third-order valence-corrected chi connectivity index (χ3v) is 2.60. The summed E-state index contributed by atoms with van der Waals surface area (Å²) in [6, 6.07) is 2.61. The van der Waals surface area contributed by atoms with Gasteiger partial charge >= 0.3 is 5.97 Å². The summed E-state index contributed by atoms with van der Waals surface area (Å²) in [6.07, 6.45) is -3.37. The van der Waals surface area contributed by atoms with Crippen molar-refractivity contribution in [2.75, 3.05) is 14.2 Å². The van der Waals surface area contributed by atoms with Crippen LogP contribution >= 0.6 is 0 Å². The van der Waals surface area contributed by atoms with E-state index in [4.69, 9.17) is 4.74 Å². The van der Waals surface area contributed by atoms with Crippen LogP contribution in [0, 0.1) is 0 Å². The van der Waals surface area contributed by atoms with Crippen LogP contribution in [0.1, 0.15) is 22.0 Å². The molecule has 1 rings (SSSR count). The minimum atomic E-state index is -1.93. The van der Waals surface area contributed by atoms with E-state index in [0.29, 0.717) is 6.29 Å². The van der Waals surface area contributed by atoms with Gasteiger partial charge in [-0.25, -0.2) is 4.79 Å². The number of aldehydes is 1. The van der Waals surface area contributed by atoms with Gasteiger partial charge in [-0.2, -0.15) is 0 Å². The van der Waals surface area contributed by atoms with Crippen LogP contribution < -0.4 is 4.74 Å². The van der Waals surface area contributed by atoms with E-state index in [0.717, 1.165) is 7.11 Å². The largest absolute Gasteiger partial charge is 0.504 e. The number of hydrogen-bond acceptors (Lipinski definition) is 7. The first-order chi connectivity index (χ1) is 8.97. The molecule has 0 fully saturated rings. The van der Waals surface area contributed by atoms with Crippen molar-refractivity contribution in [3.63, 3.8) is 0 Å². The fourth-order valence-corrected chi connectivity index (χ4v) is 1.59. The predicted molar refractivity (Wildman–Crippen MR) is 63.0 cm³/mol. The molecule has 0 aromatic heterocycles. The van der Waals surface area contributed by atoms with Crippen molar-refractivity contribution in [1.82, 2.24) is 0 Å². The number of carbonyl (C=O) groups excluding carboxylic acids is 2. The first-order valence-corrected chi connectivity index (χ1v) is 5.26. The van der Waals surface area contributed by atoms with Crippen molar-refractivity contribution in [2.24, 2.45) is 0 Å². The Balaban J connectivity index is 3.31. The van der Waals surface area contributed by atoms with Gasteiger partial charge in [0.25, 0.3) is 0 Å². The molecule has 2 atom stereocenters. The quantitative estimate of drug-likeness (QED) is 0.500. The second-order valence-corrected chi connectivity index (χ2v) is 3.65. The number of benzene rings is 1. The average Bonchev–Trinajstić information content (AvgIpc) is 2.44. The van der Waals surface area contributed by atoms with E-state index in [-0.39, 0.29) is 16.9 Å². The minimum absolute atomic E-state index is 0.00304. The highest BCUT2D eigenvalue weighted by atomic mass is 16.5. The number of rotatable bonds is 5. The van der Waals surface area contributed by atoms with Gasteiger partial charge in [-0.1, -0.05) is 0 Å². The van der Waals surface area contributed by atoms with E-state index in [1.807, 2.05) is 0 Å². The maximum absolute atomic E-state index is 11.2. The molecule has 1 aromatic rings. The number of aliphatic hydroxyl groups is 2. The summed E-state index contributed by atoms with van der Waals surface area (Å²) in [7, 11) is 2.31. The molecule has 104 valence electrons. The van der Waals surface area contributed by atoms with Crippen LogP contribution in [0.25, 0.3) is 0 Å². The molecule has 7 nitrogen and oxygen atoms in total. The zero-order valence-corrected chi connectivity index (χ0v) is 10.4. The smallest absolute Gasteiger partial charge is 0.337 e. The maximum Gasteiger partial charge on any atom is 0.337 e. The molecule has 1 aromatic carbocycles. The number of hydrogen-bond donors (Lipinski definition) is 3. The Morgan fingerprint density at radius 2 is 1.95 bits per heavy atom. The van der Waals surface area contributed by atoms with E-state index in [9.17, 15) is 24.9 Å². The van der Waals surface area contributed by atoms with Gasteiger partial charge in [0.2, 0.25) is 0 Å². The van der Waals surface area contributed by atoms with Crippen LogP contribution in [0.3, 0.4) is 0 Å². The predicted octanol–water partition coefficient (Wildman–Crippen LogP) is -0.219.